The number of ether oxygens (including phenoxy) is 1. The molecule has 0 aromatic carbocycles. The summed E-state index contributed by atoms with van der Waals surface area (Å²) >= 11 is 0. The van der Waals surface area contributed by atoms with Crippen LogP contribution in [0.15, 0.2) is 0 Å². The van der Waals surface area contributed by atoms with E-state index in [1.165, 1.54) is 0 Å². The highest BCUT2D eigenvalue weighted by Gasteiger charge is 2.28. The lowest BCUT2D eigenvalue weighted by Gasteiger charge is -2.34. The summed E-state index contributed by atoms with van der Waals surface area (Å²) < 4.78 is 5.25. The first kappa shape index (κ1) is 12.5. The number of aliphatic hydroxyl groups is 1. The number of hydrogen-bond donors (Lipinski definition) is 2. The van der Waals surface area contributed by atoms with Crippen molar-refractivity contribution in [2.45, 2.75) is 51.2 Å². The van der Waals surface area contributed by atoms with Gasteiger partial charge in [-0.15, -0.1) is 0 Å². The maximum atomic E-state index is 11.6. The second kappa shape index (κ2) is 5.47. The minimum Gasteiger partial charge on any atom is -0.393 e. The fourth-order valence-corrected chi connectivity index (χ4v) is 1.69. The van der Waals surface area contributed by atoms with E-state index in [0.717, 1.165) is 12.8 Å². The molecule has 1 aliphatic rings. The van der Waals surface area contributed by atoms with E-state index in [9.17, 15) is 4.79 Å². The molecule has 0 spiro atoms. The molecular formula is C11H21NO3. The van der Waals surface area contributed by atoms with Gasteiger partial charge >= 0.3 is 0 Å². The molecule has 2 N–H and O–H groups in total. The van der Waals surface area contributed by atoms with E-state index < -0.39 is 6.10 Å². The van der Waals surface area contributed by atoms with Crippen molar-refractivity contribution < 1.29 is 14.6 Å². The van der Waals surface area contributed by atoms with Gasteiger partial charge in [0.1, 0.15) is 0 Å². The van der Waals surface area contributed by atoms with E-state index in [0.29, 0.717) is 26.1 Å². The van der Waals surface area contributed by atoms with Crippen molar-refractivity contribution in [2.75, 3.05) is 13.2 Å². The highest BCUT2D eigenvalue weighted by atomic mass is 16.5. The summed E-state index contributed by atoms with van der Waals surface area (Å²) in [5.41, 5.74) is -0.117. The van der Waals surface area contributed by atoms with E-state index in [-0.39, 0.29) is 11.4 Å². The summed E-state index contributed by atoms with van der Waals surface area (Å²) in [5.74, 6) is 0.0281. The van der Waals surface area contributed by atoms with Crippen LogP contribution < -0.4 is 5.32 Å². The minimum absolute atomic E-state index is 0.0281. The molecule has 1 saturated heterocycles. The van der Waals surface area contributed by atoms with Gasteiger partial charge in [-0.3, -0.25) is 4.79 Å². The van der Waals surface area contributed by atoms with Gasteiger partial charge in [-0.05, 0) is 33.1 Å². The Bertz CT molecular complexity index is 210. The number of hydrogen-bond acceptors (Lipinski definition) is 3. The van der Waals surface area contributed by atoms with Crippen molar-refractivity contribution in [3.05, 3.63) is 0 Å². The summed E-state index contributed by atoms with van der Waals surface area (Å²) in [5, 5.41) is 12.1. The number of carbonyl (C=O) groups is 1. The highest BCUT2D eigenvalue weighted by Crippen LogP contribution is 2.19. The predicted octanol–water partition coefficient (Wildman–Crippen LogP) is 0.833. The van der Waals surface area contributed by atoms with Crippen LogP contribution in [0.1, 0.15) is 39.5 Å². The lowest BCUT2D eigenvalue weighted by molar-refractivity contribution is -0.124. The molecule has 0 aromatic heterocycles. The Morgan fingerprint density at radius 2 is 2.13 bits per heavy atom. The molecule has 0 aromatic rings. The standard InChI is InChI=1S/C11H21NO3/c1-9(13)3-4-10(14)12-11(2)5-7-15-8-6-11/h9,13H,3-8H2,1-2H3,(H,12,14). The van der Waals surface area contributed by atoms with Crippen molar-refractivity contribution in [1.29, 1.82) is 0 Å². The predicted molar refractivity (Wildman–Crippen MR) is 57.5 cm³/mol. The second-order valence-electron chi connectivity index (χ2n) is 4.61. The average Bonchev–Trinajstić information content (AvgIpc) is 2.15. The fraction of sp³-hybridized carbons (Fsp3) is 0.909. The SMILES string of the molecule is CC(O)CCC(=O)NC1(C)CCOCC1. The number of aliphatic hydroxyl groups excluding tert-OH is 1. The Hall–Kier alpha value is -0.610. The van der Waals surface area contributed by atoms with Gasteiger partial charge < -0.3 is 15.2 Å². The van der Waals surface area contributed by atoms with Gasteiger partial charge in [-0.1, -0.05) is 0 Å². The maximum absolute atomic E-state index is 11.6. The Morgan fingerprint density at radius 3 is 2.67 bits per heavy atom. The van der Waals surface area contributed by atoms with Crippen LogP contribution in [-0.4, -0.2) is 35.9 Å². The average molecular weight is 215 g/mol. The smallest absolute Gasteiger partial charge is 0.220 e. The van der Waals surface area contributed by atoms with Crippen LogP contribution in [0.25, 0.3) is 0 Å². The third-order valence-electron chi connectivity index (χ3n) is 2.83. The highest BCUT2D eigenvalue weighted by molar-refractivity contribution is 5.76. The summed E-state index contributed by atoms with van der Waals surface area (Å²) in [4.78, 5) is 11.6. The molecule has 1 amide bonds. The van der Waals surface area contributed by atoms with Crippen LogP contribution in [-0.2, 0) is 9.53 Å². The number of carbonyl (C=O) groups excluding carboxylic acids is 1. The maximum Gasteiger partial charge on any atom is 0.220 e. The molecule has 1 aliphatic heterocycles. The van der Waals surface area contributed by atoms with Crippen molar-refractivity contribution >= 4 is 5.91 Å². The monoisotopic (exact) mass is 215 g/mol. The third kappa shape index (κ3) is 4.62. The van der Waals surface area contributed by atoms with Crippen molar-refractivity contribution in [3.63, 3.8) is 0 Å². The number of rotatable bonds is 4. The van der Waals surface area contributed by atoms with Gasteiger partial charge in [-0.2, -0.15) is 0 Å². The Balaban J connectivity index is 2.29. The number of nitrogens with one attached hydrogen (secondary N) is 1. The lowest BCUT2D eigenvalue weighted by Crippen LogP contribution is -2.49. The fourth-order valence-electron chi connectivity index (χ4n) is 1.69. The molecule has 1 rings (SSSR count). The molecule has 1 atom stereocenters. The lowest BCUT2D eigenvalue weighted by atomic mass is 9.92. The van der Waals surface area contributed by atoms with Crippen LogP contribution >= 0.6 is 0 Å². The molecule has 0 saturated carbocycles. The van der Waals surface area contributed by atoms with Crippen molar-refractivity contribution in [1.82, 2.24) is 5.32 Å². The minimum atomic E-state index is -0.404. The molecule has 4 heteroatoms. The molecule has 88 valence electrons. The Labute approximate surface area is 91.0 Å². The van der Waals surface area contributed by atoms with Gasteiger partial charge in [0.2, 0.25) is 5.91 Å². The Morgan fingerprint density at radius 1 is 1.53 bits per heavy atom. The third-order valence-corrected chi connectivity index (χ3v) is 2.83. The van der Waals surface area contributed by atoms with E-state index >= 15 is 0 Å². The molecule has 0 bridgehead atoms. The zero-order chi connectivity index (χ0) is 11.3. The topological polar surface area (TPSA) is 58.6 Å². The van der Waals surface area contributed by atoms with E-state index in [1.807, 2.05) is 0 Å². The molecule has 15 heavy (non-hydrogen) atoms. The van der Waals surface area contributed by atoms with Gasteiger partial charge in [0.25, 0.3) is 0 Å². The molecule has 0 radical (unpaired) electrons. The summed E-state index contributed by atoms with van der Waals surface area (Å²) in [6, 6.07) is 0. The zero-order valence-electron chi connectivity index (χ0n) is 9.58. The number of amides is 1. The summed E-state index contributed by atoms with van der Waals surface area (Å²) in [6.07, 6.45) is 2.26. The van der Waals surface area contributed by atoms with Crippen LogP contribution in [0, 0.1) is 0 Å². The molecular weight excluding hydrogens is 194 g/mol. The van der Waals surface area contributed by atoms with Gasteiger partial charge in [0, 0.05) is 25.2 Å². The van der Waals surface area contributed by atoms with Crippen molar-refractivity contribution in [3.8, 4) is 0 Å². The molecule has 1 fully saturated rings. The van der Waals surface area contributed by atoms with Crippen molar-refractivity contribution in [2.24, 2.45) is 0 Å². The molecule has 1 heterocycles. The van der Waals surface area contributed by atoms with Gasteiger partial charge in [-0.25, -0.2) is 0 Å². The zero-order valence-corrected chi connectivity index (χ0v) is 9.58. The molecule has 0 aliphatic carbocycles. The quantitative estimate of drug-likeness (QED) is 0.730. The summed E-state index contributed by atoms with van der Waals surface area (Å²) in [7, 11) is 0. The van der Waals surface area contributed by atoms with E-state index in [2.05, 4.69) is 12.2 Å². The van der Waals surface area contributed by atoms with Gasteiger partial charge in [0.15, 0.2) is 0 Å². The first-order valence-corrected chi connectivity index (χ1v) is 5.59. The van der Waals surface area contributed by atoms with E-state index in [1.54, 1.807) is 6.92 Å². The normalized spacial score (nSPS) is 22.1. The second-order valence-corrected chi connectivity index (χ2v) is 4.61. The van der Waals surface area contributed by atoms with Gasteiger partial charge in [0.05, 0.1) is 6.10 Å². The largest absolute Gasteiger partial charge is 0.393 e. The molecule has 4 nitrogen and oxygen atoms in total. The molecule has 1 unspecified atom stereocenters. The van der Waals surface area contributed by atoms with Crippen LogP contribution in [0.3, 0.4) is 0 Å². The van der Waals surface area contributed by atoms with E-state index in [4.69, 9.17) is 9.84 Å². The van der Waals surface area contributed by atoms with Crippen LogP contribution in [0.2, 0.25) is 0 Å². The first-order valence-electron chi connectivity index (χ1n) is 5.59. The van der Waals surface area contributed by atoms with Crippen LogP contribution in [0.4, 0.5) is 0 Å². The summed E-state index contributed by atoms with van der Waals surface area (Å²) in [6.45, 7) is 5.18. The first-order chi connectivity index (χ1) is 7.02. The Kier molecular flexibility index (Phi) is 4.54. The van der Waals surface area contributed by atoms with Crippen LogP contribution in [0.5, 0.6) is 0 Å².